The van der Waals surface area contributed by atoms with Crippen LogP contribution in [0, 0.1) is 5.41 Å². The number of carbonyl (C=O) groups excluding carboxylic acids is 2. The van der Waals surface area contributed by atoms with Crippen molar-refractivity contribution in [1.29, 1.82) is 0 Å². The molecule has 0 aromatic heterocycles. The Hall–Kier alpha value is -3.35. The molecule has 0 saturated heterocycles. The van der Waals surface area contributed by atoms with Crippen molar-refractivity contribution in [3.8, 4) is 11.1 Å². The Morgan fingerprint density at radius 3 is 2.00 bits per heavy atom. The lowest BCUT2D eigenvalue weighted by atomic mass is 9.86. The number of nitrogens with one attached hydrogen (secondary N) is 2. The van der Waals surface area contributed by atoms with Crippen LogP contribution in [0.15, 0.2) is 48.5 Å². The summed E-state index contributed by atoms with van der Waals surface area (Å²) < 4.78 is 5.56. The number of hydrogen-bond donors (Lipinski definition) is 3. The Morgan fingerprint density at radius 2 is 1.50 bits per heavy atom. The number of amides is 2. The summed E-state index contributed by atoms with van der Waals surface area (Å²) in [4.78, 5) is 36.3. The van der Waals surface area contributed by atoms with Gasteiger partial charge in [-0.3, -0.25) is 9.59 Å². The number of ether oxygens (including phenoxy) is 1. The topological polar surface area (TPSA) is 105 Å². The maximum absolute atomic E-state index is 12.7. The smallest absolute Gasteiger partial charge is 0.407 e. The summed E-state index contributed by atoms with van der Waals surface area (Å²) >= 11 is 0. The quantitative estimate of drug-likeness (QED) is 0.608. The van der Waals surface area contributed by atoms with Crippen molar-refractivity contribution in [2.24, 2.45) is 5.41 Å². The average Bonchev–Trinajstić information content (AvgIpc) is 3.02. The number of rotatable bonds is 7. The first-order valence-electron chi connectivity index (χ1n) is 10.7. The fraction of sp³-hybridized carbons (Fsp3) is 0.400. The van der Waals surface area contributed by atoms with Crippen molar-refractivity contribution in [3.63, 3.8) is 0 Å². The molecule has 0 saturated carbocycles. The number of alkyl carbamates (subject to hydrolysis) is 1. The van der Waals surface area contributed by atoms with E-state index in [0.717, 1.165) is 22.3 Å². The van der Waals surface area contributed by atoms with Gasteiger partial charge in [0, 0.05) is 12.0 Å². The third kappa shape index (κ3) is 5.28. The van der Waals surface area contributed by atoms with Gasteiger partial charge >= 0.3 is 12.1 Å². The summed E-state index contributed by atoms with van der Waals surface area (Å²) in [5, 5.41) is 14.2. The van der Waals surface area contributed by atoms with Crippen LogP contribution in [0.3, 0.4) is 0 Å². The zero-order valence-electron chi connectivity index (χ0n) is 18.8. The maximum Gasteiger partial charge on any atom is 0.407 e. The molecular formula is C25H30N2O5. The highest BCUT2D eigenvalue weighted by atomic mass is 16.5. The SMILES string of the molecule is C[C@H](CC(=O)O)NC(=O)[C@@H](NC(=O)OCC1c2ccccc2-c2ccccc21)C(C)(C)C. The Kier molecular flexibility index (Phi) is 6.87. The Balaban J connectivity index is 1.67. The predicted molar refractivity (Wildman–Crippen MR) is 121 cm³/mol. The van der Waals surface area contributed by atoms with Gasteiger partial charge < -0.3 is 20.5 Å². The molecule has 0 heterocycles. The van der Waals surface area contributed by atoms with Crippen molar-refractivity contribution in [2.75, 3.05) is 6.61 Å². The molecular weight excluding hydrogens is 408 g/mol. The van der Waals surface area contributed by atoms with Gasteiger partial charge in [0.25, 0.3) is 0 Å². The normalized spacial score (nSPS) is 14.6. The molecule has 0 aliphatic heterocycles. The van der Waals surface area contributed by atoms with E-state index in [1.54, 1.807) is 6.92 Å². The fourth-order valence-corrected chi connectivity index (χ4v) is 4.07. The van der Waals surface area contributed by atoms with Crippen molar-refractivity contribution in [1.82, 2.24) is 10.6 Å². The average molecular weight is 439 g/mol. The Labute approximate surface area is 188 Å². The third-order valence-electron chi connectivity index (χ3n) is 5.60. The van der Waals surface area contributed by atoms with Gasteiger partial charge in [0.1, 0.15) is 12.6 Å². The minimum absolute atomic E-state index is 0.0781. The van der Waals surface area contributed by atoms with Crippen molar-refractivity contribution >= 4 is 18.0 Å². The van der Waals surface area contributed by atoms with E-state index in [0.29, 0.717) is 0 Å². The summed E-state index contributed by atoms with van der Waals surface area (Å²) in [5.41, 5.74) is 3.88. The molecule has 0 bridgehead atoms. The molecule has 1 aliphatic rings. The van der Waals surface area contributed by atoms with E-state index in [1.165, 1.54) is 0 Å². The van der Waals surface area contributed by atoms with Gasteiger partial charge in [-0.25, -0.2) is 4.79 Å². The first-order chi connectivity index (χ1) is 15.1. The highest BCUT2D eigenvalue weighted by molar-refractivity contribution is 5.87. The van der Waals surface area contributed by atoms with E-state index in [4.69, 9.17) is 9.84 Å². The van der Waals surface area contributed by atoms with E-state index >= 15 is 0 Å². The van der Waals surface area contributed by atoms with Crippen LogP contribution in [-0.4, -0.2) is 41.8 Å². The Morgan fingerprint density at radius 1 is 0.969 bits per heavy atom. The number of carboxylic acid groups (broad SMARTS) is 1. The van der Waals surface area contributed by atoms with Crippen LogP contribution >= 0.6 is 0 Å². The number of carbonyl (C=O) groups is 3. The summed E-state index contributed by atoms with van der Waals surface area (Å²) in [6.45, 7) is 7.22. The molecule has 0 spiro atoms. The lowest BCUT2D eigenvalue weighted by Gasteiger charge is -2.31. The first kappa shape index (κ1) is 23.3. The van der Waals surface area contributed by atoms with Gasteiger partial charge in [-0.05, 0) is 34.6 Å². The van der Waals surface area contributed by atoms with Gasteiger partial charge in [-0.2, -0.15) is 0 Å². The van der Waals surface area contributed by atoms with Crippen molar-refractivity contribution in [3.05, 3.63) is 59.7 Å². The summed E-state index contributed by atoms with van der Waals surface area (Å²) in [6, 6.07) is 14.7. The molecule has 32 heavy (non-hydrogen) atoms. The van der Waals surface area contributed by atoms with Crippen LogP contribution in [-0.2, 0) is 14.3 Å². The summed E-state index contributed by atoms with van der Waals surface area (Å²) in [5.74, 6) is -1.53. The lowest BCUT2D eigenvalue weighted by molar-refractivity contribution is -0.137. The number of carboxylic acids is 1. The molecule has 2 atom stereocenters. The zero-order chi connectivity index (χ0) is 23.5. The number of benzene rings is 2. The van der Waals surface area contributed by atoms with Gasteiger partial charge in [0.05, 0.1) is 6.42 Å². The molecule has 7 heteroatoms. The maximum atomic E-state index is 12.7. The highest BCUT2D eigenvalue weighted by Gasteiger charge is 2.35. The number of hydrogen-bond acceptors (Lipinski definition) is 4. The summed E-state index contributed by atoms with van der Waals surface area (Å²) in [7, 11) is 0. The van der Waals surface area contributed by atoms with Gasteiger partial charge in [0.15, 0.2) is 0 Å². The van der Waals surface area contributed by atoms with Crippen LogP contribution in [0.25, 0.3) is 11.1 Å². The highest BCUT2D eigenvalue weighted by Crippen LogP contribution is 2.44. The minimum Gasteiger partial charge on any atom is -0.481 e. The standard InChI is InChI=1S/C25H30N2O5/c1-15(13-21(28)29)26-23(30)22(25(2,3)4)27-24(31)32-14-20-18-11-7-5-9-16(18)17-10-6-8-12-19(17)20/h5-12,15,20,22H,13-14H2,1-4H3,(H,26,30)(H,27,31)(H,28,29)/t15-,22-/m1/s1. The van der Waals surface area contributed by atoms with Gasteiger partial charge in [-0.1, -0.05) is 69.3 Å². The zero-order valence-corrected chi connectivity index (χ0v) is 18.8. The number of aliphatic carboxylic acids is 1. The molecule has 0 unspecified atom stereocenters. The molecule has 0 radical (unpaired) electrons. The predicted octanol–water partition coefficient (Wildman–Crippen LogP) is 3.92. The fourth-order valence-electron chi connectivity index (χ4n) is 4.07. The second-order valence-electron chi connectivity index (χ2n) is 9.28. The molecule has 2 aromatic carbocycles. The molecule has 7 nitrogen and oxygen atoms in total. The van der Waals surface area contributed by atoms with E-state index in [9.17, 15) is 14.4 Å². The van der Waals surface area contributed by atoms with E-state index in [1.807, 2.05) is 57.2 Å². The van der Waals surface area contributed by atoms with E-state index < -0.39 is 35.5 Å². The lowest BCUT2D eigenvalue weighted by Crippen LogP contribution is -2.55. The first-order valence-corrected chi connectivity index (χ1v) is 10.7. The van der Waals surface area contributed by atoms with Crippen LogP contribution in [0.4, 0.5) is 4.79 Å². The minimum atomic E-state index is -1.00. The number of fused-ring (bicyclic) bond motifs is 3. The third-order valence-corrected chi connectivity index (χ3v) is 5.60. The van der Waals surface area contributed by atoms with Crippen LogP contribution in [0.5, 0.6) is 0 Å². The monoisotopic (exact) mass is 438 g/mol. The molecule has 170 valence electrons. The van der Waals surface area contributed by atoms with Gasteiger partial charge in [-0.15, -0.1) is 0 Å². The van der Waals surface area contributed by atoms with Crippen molar-refractivity contribution < 1.29 is 24.2 Å². The largest absolute Gasteiger partial charge is 0.481 e. The molecule has 3 rings (SSSR count). The summed E-state index contributed by atoms with van der Waals surface area (Å²) in [6.07, 6.45) is -0.888. The van der Waals surface area contributed by atoms with Gasteiger partial charge in [0.2, 0.25) is 5.91 Å². The molecule has 1 aliphatic carbocycles. The van der Waals surface area contributed by atoms with E-state index in [2.05, 4.69) is 22.8 Å². The molecule has 3 N–H and O–H groups in total. The second kappa shape index (κ2) is 9.42. The van der Waals surface area contributed by atoms with Crippen LogP contribution in [0.1, 0.15) is 51.2 Å². The molecule has 2 aromatic rings. The second-order valence-corrected chi connectivity index (χ2v) is 9.28. The van der Waals surface area contributed by atoms with Crippen molar-refractivity contribution in [2.45, 2.75) is 52.1 Å². The molecule has 2 amide bonds. The van der Waals surface area contributed by atoms with Crippen LogP contribution < -0.4 is 10.6 Å². The van der Waals surface area contributed by atoms with Crippen LogP contribution in [0.2, 0.25) is 0 Å². The molecule has 0 fully saturated rings. The Bertz CT molecular complexity index is 966. The van der Waals surface area contributed by atoms with E-state index in [-0.39, 0.29) is 18.9 Å².